The fraction of sp³-hybridized carbons (Fsp3) is 0.143. The smallest absolute Gasteiger partial charge is 0.252 e. The number of hydrogen-bond acceptors (Lipinski definition) is 3. The third-order valence-corrected chi connectivity index (χ3v) is 2.77. The number of carbonyl (C=O) groups is 1. The molecule has 0 spiro atoms. The van der Waals surface area contributed by atoms with E-state index < -0.39 is 0 Å². The van der Waals surface area contributed by atoms with Gasteiger partial charge in [-0.15, -0.1) is 0 Å². The number of aromatic nitrogens is 1. The molecule has 0 aliphatic carbocycles. The molecule has 6 heteroatoms. The zero-order valence-corrected chi connectivity index (χ0v) is 11.3. The van der Waals surface area contributed by atoms with Gasteiger partial charge in [0, 0.05) is 17.3 Å². The van der Waals surface area contributed by atoms with Gasteiger partial charge in [0.1, 0.15) is 12.4 Å². The normalized spacial score (nSPS) is 10.1. The van der Waals surface area contributed by atoms with Crippen LogP contribution in [0.2, 0.25) is 5.02 Å². The van der Waals surface area contributed by atoms with Crippen molar-refractivity contribution in [2.24, 2.45) is 0 Å². The summed E-state index contributed by atoms with van der Waals surface area (Å²) in [5.41, 5.74) is 0.156. The molecule has 2 rings (SSSR count). The monoisotopic (exact) mass is 292 g/mol. The molecule has 0 radical (unpaired) electrons. The van der Waals surface area contributed by atoms with Crippen LogP contribution in [0.5, 0.6) is 5.75 Å². The maximum atomic E-state index is 11.7. The maximum Gasteiger partial charge on any atom is 0.252 e. The molecule has 1 aromatic heterocycles. The van der Waals surface area contributed by atoms with Crippen LogP contribution >= 0.6 is 11.6 Å². The van der Waals surface area contributed by atoms with E-state index in [2.05, 4.69) is 10.3 Å². The zero-order valence-electron chi connectivity index (χ0n) is 10.6. The van der Waals surface area contributed by atoms with E-state index in [0.717, 1.165) is 0 Å². The number of amides is 1. The minimum absolute atomic E-state index is 0.243. The quantitative estimate of drug-likeness (QED) is 0.826. The summed E-state index contributed by atoms with van der Waals surface area (Å²) in [6.45, 7) is 0.706. The Labute approximate surface area is 120 Å². The molecule has 2 N–H and O–H groups in total. The first-order chi connectivity index (χ1) is 9.65. The molecule has 20 heavy (non-hydrogen) atoms. The van der Waals surface area contributed by atoms with Crippen molar-refractivity contribution >= 4 is 17.5 Å². The van der Waals surface area contributed by atoms with Crippen LogP contribution < -0.4 is 15.6 Å². The minimum Gasteiger partial charge on any atom is -0.492 e. The molecule has 2 aromatic rings. The molecular weight excluding hydrogens is 280 g/mol. The Bertz CT molecular complexity index is 617. The number of H-pyrrole nitrogens is 1. The fourth-order valence-corrected chi connectivity index (χ4v) is 1.64. The topological polar surface area (TPSA) is 71.2 Å². The van der Waals surface area contributed by atoms with Crippen LogP contribution in [0.15, 0.2) is 47.4 Å². The van der Waals surface area contributed by atoms with E-state index in [4.69, 9.17) is 16.3 Å². The fourth-order valence-electron chi connectivity index (χ4n) is 1.52. The van der Waals surface area contributed by atoms with E-state index in [0.29, 0.717) is 29.5 Å². The second-order valence-electron chi connectivity index (χ2n) is 4.00. The highest BCUT2D eigenvalue weighted by Crippen LogP contribution is 2.15. The number of ether oxygens (including phenoxy) is 1. The Hall–Kier alpha value is -2.27. The van der Waals surface area contributed by atoms with E-state index in [1.54, 1.807) is 24.3 Å². The van der Waals surface area contributed by atoms with Crippen molar-refractivity contribution in [3.63, 3.8) is 0 Å². The zero-order chi connectivity index (χ0) is 14.4. The van der Waals surface area contributed by atoms with Crippen molar-refractivity contribution in [2.75, 3.05) is 13.2 Å². The predicted octanol–water partition coefficient (Wildman–Crippen LogP) is 1.84. The van der Waals surface area contributed by atoms with Crippen LogP contribution in [-0.4, -0.2) is 24.0 Å². The van der Waals surface area contributed by atoms with Crippen molar-refractivity contribution in [2.45, 2.75) is 0 Å². The van der Waals surface area contributed by atoms with Crippen LogP contribution in [0.1, 0.15) is 10.4 Å². The number of aromatic amines is 1. The second-order valence-corrected chi connectivity index (χ2v) is 4.44. The molecular formula is C14H13ClN2O3. The largest absolute Gasteiger partial charge is 0.492 e. The number of nitrogens with one attached hydrogen (secondary N) is 2. The van der Waals surface area contributed by atoms with Crippen LogP contribution in [0.25, 0.3) is 0 Å². The number of benzene rings is 1. The van der Waals surface area contributed by atoms with Gasteiger partial charge in [-0.3, -0.25) is 9.59 Å². The Morgan fingerprint density at radius 2 is 1.95 bits per heavy atom. The second kappa shape index (κ2) is 6.77. The van der Waals surface area contributed by atoms with Gasteiger partial charge in [0.25, 0.3) is 5.91 Å². The molecule has 1 amide bonds. The highest BCUT2D eigenvalue weighted by Gasteiger charge is 2.04. The third kappa shape index (κ3) is 4.13. The van der Waals surface area contributed by atoms with E-state index >= 15 is 0 Å². The summed E-state index contributed by atoms with van der Waals surface area (Å²) in [5.74, 6) is 0.425. The number of hydrogen-bond donors (Lipinski definition) is 2. The molecule has 0 bridgehead atoms. The standard InChI is InChI=1S/C14H13ClN2O3/c15-11-2-4-12(5-3-11)20-8-7-16-14(19)10-1-6-13(18)17-9-10/h1-6,9H,7-8H2,(H,16,19)(H,17,18). The van der Waals surface area contributed by atoms with Crippen LogP contribution in [-0.2, 0) is 0 Å². The van der Waals surface area contributed by atoms with Crippen LogP contribution in [0, 0.1) is 0 Å². The van der Waals surface area contributed by atoms with Gasteiger partial charge in [0.15, 0.2) is 0 Å². The SMILES string of the molecule is O=C(NCCOc1ccc(Cl)cc1)c1ccc(=O)[nH]c1. The molecule has 0 aliphatic rings. The summed E-state index contributed by atoms with van der Waals surface area (Å²) in [6, 6.07) is 9.75. The molecule has 104 valence electrons. The van der Waals surface area contributed by atoms with Crippen LogP contribution in [0.4, 0.5) is 0 Å². The minimum atomic E-state index is -0.263. The number of carbonyl (C=O) groups excluding carboxylic acids is 1. The summed E-state index contributed by atoms with van der Waals surface area (Å²) >= 11 is 5.76. The predicted molar refractivity (Wildman–Crippen MR) is 76.3 cm³/mol. The van der Waals surface area contributed by atoms with E-state index in [1.807, 2.05) is 0 Å². The summed E-state index contributed by atoms with van der Waals surface area (Å²) in [6.07, 6.45) is 1.37. The first kappa shape index (κ1) is 14.1. The Balaban J connectivity index is 1.75. The Kier molecular flexibility index (Phi) is 4.79. The molecule has 5 nitrogen and oxygen atoms in total. The van der Waals surface area contributed by atoms with Gasteiger partial charge >= 0.3 is 0 Å². The Morgan fingerprint density at radius 3 is 2.60 bits per heavy atom. The van der Waals surface area contributed by atoms with Gasteiger partial charge in [-0.2, -0.15) is 0 Å². The van der Waals surface area contributed by atoms with Crippen molar-refractivity contribution in [3.05, 3.63) is 63.5 Å². The molecule has 0 fully saturated rings. The van der Waals surface area contributed by atoms with E-state index in [1.165, 1.54) is 18.3 Å². The molecule has 1 aromatic carbocycles. The molecule has 0 saturated carbocycles. The van der Waals surface area contributed by atoms with Gasteiger partial charge in [0.2, 0.25) is 5.56 Å². The van der Waals surface area contributed by atoms with Crippen molar-refractivity contribution in [3.8, 4) is 5.75 Å². The van der Waals surface area contributed by atoms with Gasteiger partial charge in [0.05, 0.1) is 12.1 Å². The lowest BCUT2D eigenvalue weighted by atomic mass is 10.3. The average Bonchev–Trinajstić information content (AvgIpc) is 2.46. The molecule has 1 heterocycles. The highest BCUT2D eigenvalue weighted by molar-refractivity contribution is 6.30. The molecule has 0 atom stereocenters. The lowest BCUT2D eigenvalue weighted by molar-refractivity contribution is 0.0946. The third-order valence-electron chi connectivity index (χ3n) is 2.52. The van der Waals surface area contributed by atoms with Gasteiger partial charge in [-0.1, -0.05) is 11.6 Å². The molecule has 0 aliphatic heterocycles. The summed E-state index contributed by atoms with van der Waals surface area (Å²) < 4.78 is 5.44. The van der Waals surface area contributed by atoms with Crippen LogP contribution in [0.3, 0.4) is 0 Å². The molecule has 0 saturated heterocycles. The first-order valence-corrected chi connectivity index (χ1v) is 6.38. The highest BCUT2D eigenvalue weighted by atomic mass is 35.5. The summed E-state index contributed by atoms with van der Waals surface area (Å²) in [5, 5.41) is 3.33. The van der Waals surface area contributed by atoms with E-state index in [-0.39, 0.29) is 11.5 Å². The lowest BCUT2D eigenvalue weighted by Crippen LogP contribution is -2.28. The summed E-state index contributed by atoms with van der Waals surface area (Å²) in [7, 11) is 0. The van der Waals surface area contributed by atoms with Crippen molar-refractivity contribution in [1.82, 2.24) is 10.3 Å². The van der Waals surface area contributed by atoms with Crippen molar-refractivity contribution in [1.29, 1.82) is 0 Å². The van der Waals surface area contributed by atoms with E-state index in [9.17, 15) is 9.59 Å². The van der Waals surface area contributed by atoms with Crippen molar-refractivity contribution < 1.29 is 9.53 Å². The number of rotatable bonds is 5. The lowest BCUT2D eigenvalue weighted by Gasteiger charge is -2.07. The molecule has 0 unspecified atom stereocenters. The Morgan fingerprint density at radius 1 is 1.20 bits per heavy atom. The first-order valence-electron chi connectivity index (χ1n) is 6.00. The number of halogens is 1. The summed E-state index contributed by atoms with van der Waals surface area (Å²) in [4.78, 5) is 25.0. The average molecular weight is 293 g/mol. The van der Waals surface area contributed by atoms with Gasteiger partial charge < -0.3 is 15.0 Å². The number of pyridine rings is 1. The van der Waals surface area contributed by atoms with Gasteiger partial charge in [-0.25, -0.2) is 0 Å². The van der Waals surface area contributed by atoms with Gasteiger partial charge in [-0.05, 0) is 30.3 Å². The maximum absolute atomic E-state index is 11.7.